The number of allylic oxidation sites excluding steroid dienone is 2. The normalized spacial score (nSPS) is 21.3. The van der Waals surface area contributed by atoms with Gasteiger partial charge in [0.25, 0.3) is 0 Å². The van der Waals surface area contributed by atoms with E-state index in [4.69, 9.17) is 4.74 Å². The summed E-state index contributed by atoms with van der Waals surface area (Å²) in [5.41, 5.74) is 0. The molecule has 3 heteroatoms. The van der Waals surface area contributed by atoms with Crippen LogP contribution in [-0.4, -0.2) is 23.3 Å². The predicted molar refractivity (Wildman–Crippen MR) is 105 cm³/mol. The lowest BCUT2D eigenvalue weighted by Crippen LogP contribution is -2.46. The van der Waals surface area contributed by atoms with E-state index in [1.807, 2.05) is 0 Å². The number of hydrogen-bond donors (Lipinski definition) is 1. The summed E-state index contributed by atoms with van der Waals surface area (Å²) in [6.07, 6.45) is 19.7. The number of carbonyl (C=O) groups is 1. The number of cyclic esters (lactones) is 1. The minimum atomic E-state index is -0.356. The number of carbonyl (C=O) groups excluding carboxylic acids is 1. The number of hydrogen-bond acceptors (Lipinski definition) is 3. The molecule has 0 radical (unpaired) electrons. The highest BCUT2D eigenvalue weighted by Gasteiger charge is 2.42. The second kappa shape index (κ2) is 14.4. The second-order valence-corrected chi connectivity index (χ2v) is 7.57. The Kier molecular flexibility index (Phi) is 12.8. The molecule has 0 saturated carbocycles. The number of aliphatic hydroxyl groups excluding tert-OH is 1. The molecule has 3 atom stereocenters. The van der Waals surface area contributed by atoms with Gasteiger partial charge in [-0.05, 0) is 32.1 Å². The Morgan fingerprint density at radius 3 is 2.28 bits per heavy atom. The first-order valence-corrected chi connectivity index (χ1v) is 10.7. The summed E-state index contributed by atoms with van der Waals surface area (Å²) in [4.78, 5) is 11.6. The zero-order chi connectivity index (χ0) is 18.3. The van der Waals surface area contributed by atoms with Crippen LogP contribution in [0.25, 0.3) is 0 Å². The van der Waals surface area contributed by atoms with Crippen molar-refractivity contribution < 1.29 is 14.6 Å². The third kappa shape index (κ3) is 10.0. The Morgan fingerprint density at radius 1 is 0.960 bits per heavy atom. The lowest BCUT2D eigenvalue weighted by molar-refractivity contribution is -0.188. The van der Waals surface area contributed by atoms with Crippen molar-refractivity contribution in [2.75, 3.05) is 0 Å². The number of ether oxygens (including phenoxy) is 1. The molecule has 0 bridgehead atoms. The number of unbranched alkanes of at least 4 members (excludes halogenated alkanes) is 8. The maximum atomic E-state index is 11.6. The van der Waals surface area contributed by atoms with Crippen LogP contribution in [0.5, 0.6) is 0 Å². The minimum absolute atomic E-state index is 0.0326. The summed E-state index contributed by atoms with van der Waals surface area (Å²) >= 11 is 0. The molecule has 0 amide bonds. The fourth-order valence-corrected chi connectivity index (χ4v) is 3.48. The standard InChI is InChI=1S/C22H40O3/c1-3-5-7-9-10-11-12-13-14-16-19(23)18-21-20(22(24)25-21)17-15-8-6-4-2/h12-13,19-21,23H,3-11,14-18H2,1-2H3/t19?,20-,21-/m0/s1. The molecule has 1 unspecified atom stereocenters. The van der Waals surface area contributed by atoms with E-state index in [1.165, 1.54) is 51.4 Å². The molecule has 0 aromatic carbocycles. The van der Waals surface area contributed by atoms with Gasteiger partial charge in [0, 0.05) is 6.42 Å². The average Bonchev–Trinajstić information content (AvgIpc) is 2.59. The highest BCUT2D eigenvalue weighted by molar-refractivity contribution is 5.78. The molecule has 1 saturated heterocycles. The zero-order valence-electron chi connectivity index (χ0n) is 16.5. The first kappa shape index (κ1) is 22.2. The predicted octanol–water partition coefficient (Wildman–Crippen LogP) is 5.95. The summed E-state index contributed by atoms with van der Waals surface area (Å²) in [6, 6.07) is 0. The quantitative estimate of drug-likeness (QED) is 0.212. The number of rotatable bonds is 16. The molecule has 3 nitrogen and oxygen atoms in total. The van der Waals surface area contributed by atoms with Crippen LogP contribution >= 0.6 is 0 Å². The van der Waals surface area contributed by atoms with Gasteiger partial charge in [-0.1, -0.05) is 77.4 Å². The van der Waals surface area contributed by atoms with Gasteiger partial charge in [-0.25, -0.2) is 0 Å². The van der Waals surface area contributed by atoms with Crippen LogP contribution in [0.15, 0.2) is 12.2 Å². The second-order valence-electron chi connectivity index (χ2n) is 7.57. The van der Waals surface area contributed by atoms with Crippen molar-refractivity contribution in [3.8, 4) is 0 Å². The van der Waals surface area contributed by atoms with Crippen molar-refractivity contribution in [2.45, 2.75) is 116 Å². The summed E-state index contributed by atoms with van der Waals surface area (Å²) in [6.45, 7) is 4.43. The van der Waals surface area contributed by atoms with Gasteiger partial charge in [-0.15, -0.1) is 0 Å². The van der Waals surface area contributed by atoms with E-state index in [0.29, 0.717) is 6.42 Å². The van der Waals surface area contributed by atoms with Gasteiger partial charge in [0.05, 0.1) is 12.0 Å². The highest BCUT2D eigenvalue weighted by atomic mass is 16.6. The Balaban J connectivity index is 2.05. The molecule has 1 heterocycles. The van der Waals surface area contributed by atoms with E-state index >= 15 is 0 Å². The van der Waals surface area contributed by atoms with Gasteiger partial charge in [0.2, 0.25) is 0 Å². The lowest BCUT2D eigenvalue weighted by atomic mass is 9.87. The highest BCUT2D eigenvalue weighted by Crippen LogP contribution is 2.31. The van der Waals surface area contributed by atoms with Crippen LogP contribution in [0.1, 0.15) is 104 Å². The van der Waals surface area contributed by atoms with Gasteiger partial charge in [0.1, 0.15) is 6.10 Å². The van der Waals surface area contributed by atoms with Crippen molar-refractivity contribution in [3.63, 3.8) is 0 Å². The lowest BCUT2D eigenvalue weighted by Gasteiger charge is -2.36. The molecule has 0 aromatic heterocycles. The van der Waals surface area contributed by atoms with Crippen LogP contribution in [0.3, 0.4) is 0 Å². The third-order valence-corrected chi connectivity index (χ3v) is 5.20. The van der Waals surface area contributed by atoms with E-state index < -0.39 is 0 Å². The van der Waals surface area contributed by atoms with Crippen LogP contribution in [0, 0.1) is 5.92 Å². The smallest absolute Gasteiger partial charge is 0.313 e. The molecule has 1 rings (SSSR count). The largest absolute Gasteiger partial charge is 0.461 e. The van der Waals surface area contributed by atoms with Gasteiger partial charge in [-0.2, -0.15) is 0 Å². The van der Waals surface area contributed by atoms with Gasteiger partial charge >= 0.3 is 5.97 Å². The van der Waals surface area contributed by atoms with Crippen LogP contribution < -0.4 is 0 Å². The number of esters is 1. The van der Waals surface area contributed by atoms with Gasteiger partial charge in [-0.3, -0.25) is 4.79 Å². The van der Waals surface area contributed by atoms with Crippen molar-refractivity contribution in [2.24, 2.45) is 5.92 Å². The Morgan fingerprint density at radius 2 is 1.60 bits per heavy atom. The average molecular weight is 353 g/mol. The topological polar surface area (TPSA) is 46.5 Å². The van der Waals surface area contributed by atoms with E-state index in [2.05, 4.69) is 26.0 Å². The maximum Gasteiger partial charge on any atom is 0.313 e. The molecule has 0 spiro atoms. The summed E-state index contributed by atoms with van der Waals surface area (Å²) in [5.74, 6) is -0.0261. The van der Waals surface area contributed by atoms with Crippen molar-refractivity contribution in [3.05, 3.63) is 12.2 Å². The number of aliphatic hydroxyl groups is 1. The van der Waals surface area contributed by atoms with E-state index in [0.717, 1.165) is 32.1 Å². The molecule has 1 aliphatic rings. The fourth-order valence-electron chi connectivity index (χ4n) is 3.48. The third-order valence-electron chi connectivity index (χ3n) is 5.20. The molecule has 1 fully saturated rings. The Bertz CT molecular complexity index is 364. The van der Waals surface area contributed by atoms with E-state index in [-0.39, 0.29) is 24.1 Å². The molecule has 1 aliphatic heterocycles. The SMILES string of the molecule is CCCCCCCC=CCCC(O)C[C@@H]1OC(=O)[C@H]1CCCCCC. The van der Waals surface area contributed by atoms with Crippen LogP contribution in [0.4, 0.5) is 0 Å². The Hall–Kier alpha value is -0.830. The fraction of sp³-hybridized carbons (Fsp3) is 0.864. The first-order valence-electron chi connectivity index (χ1n) is 10.7. The first-order chi connectivity index (χ1) is 12.2. The summed E-state index contributed by atoms with van der Waals surface area (Å²) < 4.78 is 5.25. The van der Waals surface area contributed by atoms with Crippen LogP contribution in [-0.2, 0) is 9.53 Å². The molecule has 1 N–H and O–H groups in total. The van der Waals surface area contributed by atoms with E-state index in [9.17, 15) is 9.90 Å². The van der Waals surface area contributed by atoms with Gasteiger partial charge < -0.3 is 9.84 Å². The maximum absolute atomic E-state index is 11.6. The van der Waals surface area contributed by atoms with Crippen LogP contribution in [0.2, 0.25) is 0 Å². The monoisotopic (exact) mass is 352 g/mol. The van der Waals surface area contributed by atoms with E-state index in [1.54, 1.807) is 0 Å². The minimum Gasteiger partial charge on any atom is -0.461 e. The molecular formula is C22H40O3. The molecule has 25 heavy (non-hydrogen) atoms. The molecule has 0 aliphatic carbocycles. The summed E-state index contributed by atoms with van der Waals surface area (Å²) in [7, 11) is 0. The molecule has 0 aromatic rings. The van der Waals surface area contributed by atoms with Crippen molar-refractivity contribution in [1.29, 1.82) is 0 Å². The molecule has 146 valence electrons. The van der Waals surface area contributed by atoms with Crippen molar-refractivity contribution >= 4 is 5.97 Å². The Labute approximate surface area is 155 Å². The van der Waals surface area contributed by atoms with Gasteiger partial charge in [0.15, 0.2) is 0 Å². The zero-order valence-corrected chi connectivity index (χ0v) is 16.5. The van der Waals surface area contributed by atoms with Crippen molar-refractivity contribution in [1.82, 2.24) is 0 Å². The molecular weight excluding hydrogens is 312 g/mol. The summed E-state index contributed by atoms with van der Waals surface area (Å²) in [5, 5.41) is 10.2.